The molecular formula is C14H25NO3. The van der Waals surface area contributed by atoms with Crippen LogP contribution in [0.2, 0.25) is 0 Å². The maximum atomic E-state index is 11.4. The number of morpholine rings is 1. The standard InChI is InChI=1S/C14H25NO3/c1-2-18-14(16)11-12-3-5-13(6-4-12)15-7-9-17-10-8-15/h12-13H,2-11H2,1H3. The number of ether oxygens (including phenoxy) is 2. The lowest BCUT2D eigenvalue weighted by Gasteiger charge is -2.38. The number of nitrogens with zero attached hydrogens (tertiary/aromatic N) is 1. The van der Waals surface area contributed by atoms with E-state index < -0.39 is 0 Å². The number of esters is 1. The van der Waals surface area contributed by atoms with E-state index >= 15 is 0 Å². The Hall–Kier alpha value is -0.610. The van der Waals surface area contributed by atoms with Gasteiger partial charge in [0.15, 0.2) is 0 Å². The summed E-state index contributed by atoms with van der Waals surface area (Å²) in [7, 11) is 0. The van der Waals surface area contributed by atoms with Crippen molar-refractivity contribution >= 4 is 5.97 Å². The summed E-state index contributed by atoms with van der Waals surface area (Å²) in [6, 6.07) is 0.715. The molecule has 4 nitrogen and oxygen atoms in total. The average Bonchev–Trinajstić information content (AvgIpc) is 2.41. The average molecular weight is 255 g/mol. The lowest BCUT2D eigenvalue weighted by molar-refractivity contribution is -0.144. The van der Waals surface area contributed by atoms with Gasteiger partial charge >= 0.3 is 5.97 Å². The normalized spacial score (nSPS) is 30.1. The Kier molecular flexibility index (Phi) is 5.45. The highest BCUT2D eigenvalue weighted by molar-refractivity contribution is 5.69. The summed E-state index contributed by atoms with van der Waals surface area (Å²) in [5, 5.41) is 0. The van der Waals surface area contributed by atoms with Crippen LogP contribution in [0.5, 0.6) is 0 Å². The van der Waals surface area contributed by atoms with E-state index in [0.29, 0.717) is 25.0 Å². The Morgan fingerprint density at radius 2 is 1.89 bits per heavy atom. The van der Waals surface area contributed by atoms with E-state index in [-0.39, 0.29) is 5.97 Å². The molecule has 0 radical (unpaired) electrons. The van der Waals surface area contributed by atoms with Crippen LogP contribution in [0.3, 0.4) is 0 Å². The van der Waals surface area contributed by atoms with Crippen molar-refractivity contribution in [1.29, 1.82) is 0 Å². The second-order valence-corrected chi connectivity index (χ2v) is 5.33. The molecule has 0 atom stereocenters. The first-order valence-electron chi connectivity index (χ1n) is 7.27. The summed E-state index contributed by atoms with van der Waals surface area (Å²) in [6.45, 7) is 6.28. The first kappa shape index (κ1) is 13.8. The van der Waals surface area contributed by atoms with Gasteiger partial charge in [-0.2, -0.15) is 0 Å². The number of carbonyl (C=O) groups excluding carboxylic acids is 1. The van der Waals surface area contributed by atoms with Crippen LogP contribution in [0, 0.1) is 5.92 Å². The first-order chi connectivity index (χ1) is 8.79. The molecule has 2 fully saturated rings. The van der Waals surface area contributed by atoms with Crippen LogP contribution in [-0.2, 0) is 14.3 Å². The van der Waals surface area contributed by atoms with E-state index in [1.165, 1.54) is 25.7 Å². The molecule has 18 heavy (non-hydrogen) atoms. The Labute approximate surface area is 110 Å². The van der Waals surface area contributed by atoms with Gasteiger partial charge in [0.2, 0.25) is 0 Å². The predicted molar refractivity (Wildman–Crippen MR) is 69.4 cm³/mol. The largest absolute Gasteiger partial charge is 0.466 e. The fourth-order valence-electron chi connectivity index (χ4n) is 3.11. The molecule has 1 aliphatic carbocycles. The number of hydrogen-bond donors (Lipinski definition) is 0. The Morgan fingerprint density at radius 3 is 2.50 bits per heavy atom. The summed E-state index contributed by atoms with van der Waals surface area (Å²) in [5.41, 5.74) is 0. The molecule has 0 amide bonds. The lowest BCUT2D eigenvalue weighted by atomic mass is 9.83. The van der Waals surface area contributed by atoms with Crippen molar-refractivity contribution in [2.75, 3.05) is 32.9 Å². The molecular weight excluding hydrogens is 230 g/mol. The van der Waals surface area contributed by atoms with Crippen molar-refractivity contribution in [3.05, 3.63) is 0 Å². The first-order valence-corrected chi connectivity index (χ1v) is 7.27. The Balaban J connectivity index is 1.69. The zero-order valence-corrected chi connectivity index (χ0v) is 11.4. The third-order valence-corrected chi connectivity index (χ3v) is 4.14. The zero-order valence-electron chi connectivity index (χ0n) is 11.4. The van der Waals surface area contributed by atoms with Crippen molar-refractivity contribution in [3.8, 4) is 0 Å². The molecule has 2 aliphatic rings. The highest BCUT2D eigenvalue weighted by Gasteiger charge is 2.28. The molecule has 1 saturated carbocycles. The zero-order chi connectivity index (χ0) is 12.8. The van der Waals surface area contributed by atoms with Gasteiger partial charge in [0.05, 0.1) is 19.8 Å². The molecule has 0 aromatic carbocycles. The molecule has 4 heteroatoms. The smallest absolute Gasteiger partial charge is 0.306 e. The predicted octanol–water partition coefficient (Wildman–Crippen LogP) is 1.83. The summed E-state index contributed by atoms with van der Waals surface area (Å²) >= 11 is 0. The number of carbonyl (C=O) groups is 1. The van der Waals surface area contributed by atoms with E-state index in [1.54, 1.807) is 0 Å². The molecule has 0 spiro atoms. The maximum absolute atomic E-state index is 11.4. The fraction of sp³-hybridized carbons (Fsp3) is 0.929. The van der Waals surface area contributed by atoms with E-state index in [0.717, 1.165) is 26.3 Å². The topological polar surface area (TPSA) is 38.8 Å². The second-order valence-electron chi connectivity index (χ2n) is 5.33. The van der Waals surface area contributed by atoms with Crippen molar-refractivity contribution in [2.24, 2.45) is 5.92 Å². The van der Waals surface area contributed by atoms with E-state index in [9.17, 15) is 4.79 Å². The summed E-state index contributed by atoms with van der Waals surface area (Å²) < 4.78 is 10.4. The van der Waals surface area contributed by atoms with E-state index in [4.69, 9.17) is 9.47 Å². The maximum Gasteiger partial charge on any atom is 0.306 e. The van der Waals surface area contributed by atoms with Gasteiger partial charge in [0.1, 0.15) is 0 Å². The number of hydrogen-bond acceptors (Lipinski definition) is 4. The van der Waals surface area contributed by atoms with Gasteiger partial charge in [-0.05, 0) is 38.5 Å². The molecule has 0 unspecified atom stereocenters. The Bertz CT molecular complexity index is 256. The fourth-order valence-corrected chi connectivity index (χ4v) is 3.11. The number of rotatable bonds is 4. The van der Waals surface area contributed by atoms with Gasteiger partial charge in [0.25, 0.3) is 0 Å². The van der Waals surface area contributed by atoms with Gasteiger partial charge in [-0.1, -0.05) is 0 Å². The Morgan fingerprint density at radius 1 is 1.22 bits per heavy atom. The molecule has 0 bridgehead atoms. The minimum absolute atomic E-state index is 0.0210. The second kappa shape index (κ2) is 7.10. The van der Waals surface area contributed by atoms with Gasteiger partial charge in [0, 0.05) is 25.6 Å². The van der Waals surface area contributed by atoms with Crippen molar-refractivity contribution in [2.45, 2.75) is 45.1 Å². The summed E-state index contributed by atoms with van der Waals surface area (Å²) in [5.74, 6) is 0.522. The van der Waals surface area contributed by atoms with Crippen molar-refractivity contribution in [1.82, 2.24) is 4.90 Å². The lowest BCUT2D eigenvalue weighted by Crippen LogP contribution is -2.45. The van der Waals surface area contributed by atoms with Crippen LogP contribution in [0.4, 0.5) is 0 Å². The summed E-state index contributed by atoms with van der Waals surface area (Å²) in [4.78, 5) is 14.0. The molecule has 1 heterocycles. The highest BCUT2D eigenvalue weighted by Crippen LogP contribution is 2.30. The third kappa shape index (κ3) is 3.95. The quantitative estimate of drug-likeness (QED) is 0.718. The minimum Gasteiger partial charge on any atom is -0.466 e. The summed E-state index contributed by atoms with van der Waals surface area (Å²) in [6.07, 6.45) is 5.40. The minimum atomic E-state index is -0.0210. The van der Waals surface area contributed by atoms with Gasteiger partial charge in [-0.25, -0.2) is 0 Å². The van der Waals surface area contributed by atoms with Gasteiger partial charge in [-0.3, -0.25) is 9.69 Å². The third-order valence-electron chi connectivity index (χ3n) is 4.14. The highest BCUT2D eigenvalue weighted by atomic mass is 16.5. The van der Waals surface area contributed by atoms with Crippen LogP contribution in [0.25, 0.3) is 0 Å². The van der Waals surface area contributed by atoms with Crippen LogP contribution in [0.15, 0.2) is 0 Å². The van der Waals surface area contributed by atoms with Crippen LogP contribution in [0.1, 0.15) is 39.0 Å². The molecule has 2 rings (SSSR count). The molecule has 0 N–H and O–H groups in total. The SMILES string of the molecule is CCOC(=O)CC1CCC(N2CCOCC2)CC1. The van der Waals surface area contributed by atoms with E-state index in [2.05, 4.69) is 4.90 Å². The van der Waals surface area contributed by atoms with Gasteiger partial charge in [-0.15, -0.1) is 0 Å². The monoisotopic (exact) mass is 255 g/mol. The van der Waals surface area contributed by atoms with Crippen molar-refractivity contribution < 1.29 is 14.3 Å². The van der Waals surface area contributed by atoms with Gasteiger partial charge < -0.3 is 9.47 Å². The van der Waals surface area contributed by atoms with Crippen LogP contribution >= 0.6 is 0 Å². The molecule has 104 valence electrons. The van der Waals surface area contributed by atoms with Crippen molar-refractivity contribution in [3.63, 3.8) is 0 Å². The molecule has 1 aliphatic heterocycles. The molecule has 0 aromatic rings. The molecule has 0 aromatic heterocycles. The van der Waals surface area contributed by atoms with Crippen LogP contribution in [-0.4, -0.2) is 49.8 Å². The molecule has 1 saturated heterocycles. The van der Waals surface area contributed by atoms with Crippen LogP contribution < -0.4 is 0 Å². The van der Waals surface area contributed by atoms with E-state index in [1.807, 2.05) is 6.92 Å².